The van der Waals surface area contributed by atoms with Gasteiger partial charge in [-0.1, -0.05) is 25.5 Å². The van der Waals surface area contributed by atoms with Crippen molar-refractivity contribution in [2.75, 3.05) is 11.9 Å². The Balaban J connectivity index is 2.00. The van der Waals surface area contributed by atoms with E-state index in [2.05, 4.69) is 17.6 Å². The summed E-state index contributed by atoms with van der Waals surface area (Å²) in [5.74, 6) is 0.613. The van der Waals surface area contributed by atoms with E-state index in [1.807, 2.05) is 6.07 Å². The molecule has 4 nitrogen and oxygen atoms in total. The highest BCUT2D eigenvalue weighted by Gasteiger charge is 2.25. The van der Waals surface area contributed by atoms with E-state index in [1.54, 1.807) is 18.2 Å². The number of amides is 1. The maximum atomic E-state index is 12.3. The Morgan fingerprint density at radius 2 is 2.20 bits per heavy atom. The number of rotatable bonds is 4. The van der Waals surface area contributed by atoms with Crippen molar-refractivity contribution in [3.05, 3.63) is 29.8 Å². The minimum atomic E-state index is -0.130. The highest BCUT2D eigenvalue weighted by Crippen LogP contribution is 2.20. The minimum absolute atomic E-state index is 0.00272. The molecule has 1 fully saturated rings. The SMILES string of the molecule is CCC1CCNC(C(=O)Nc2cccc(C(C)=O)c2)C1. The zero-order valence-corrected chi connectivity index (χ0v) is 12.1. The third-order valence-electron chi connectivity index (χ3n) is 3.94. The Hall–Kier alpha value is -1.68. The molecule has 20 heavy (non-hydrogen) atoms. The summed E-state index contributed by atoms with van der Waals surface area (Å²) in [7, 11) is 0. The summed E-state index contributed by atoms with van der Waals surface area (Å²) in [6, 6.07) is 6.94. The van der Waals surface area contributed by atoms with Crippen molar-refractivity contribution in [3.8, 4) is 0 Å². The molecule has 0 bridgehead atoms. The summed E-state index contributed by atoms with van der Waals surface area (Å²) in [6.07, 6.45) is 3.14. The van der Waals surface area contributed by atoms with E-state index in [1.165, 1.54) is 6.92 Å². The van der Waals surface area contributed by atoms with Crippen molar-refractivity contribution in [3.63, 3.8) is 0 Å². The highest BCUT2D eigenvalue weighted by molar-refractivity contribution is 5.98. The molecule has 1 saturated heterocycles. The summed E-state index contributed by atoms with van der Waals surface area (Å²) in [4.78, 5) is 23.6. The fourth-order valence-electron chi connectivity index (χ4n) is 2.61. The van der Waals surface area contributed by atoms with Crippen molar-refractivity contribution < 1.29 is 9.59 Å². The molecule has 2 unspecified atom stereocenters. The molecule has 4 heteroatoms. The standard InChI is InChI=1S/C16H22N2O2/c1-3-12-7-8-17-15(9-12)16(20)18-14-6-4-5-13(10-14)11(2)19/h4-6,10,12,15,17H,3,7-9H2,1-2H3,(H,18,20). The summed E-state index contributed by atoms with van der Waals surface area (Å²) >= 11 is 0. The van der Waals surface area contributed by atoms with Gasteiger partial charge in [-0.05, 0) is 44.4 Å². The maximum Gasteiger partial charge on any atom is 0.241 e. The third-order valence-corrected chi connectivity index (χ3v) is 3.94. The van der Waals surface area contributed by atoms with Gasteiger partial charge in [0.25, 0.3) is 0 Å². The zero-order valence-electron chi connectivity index (χ0n) is 12.1. The Bertz CT molecular complexity index is 499. The average molecular weight is 274 g/mol. The Morgan fingerprint density at radius 1 is 1.40 bits per heavy atom. The second-order valence-corrected chi connectivity index (χ2v) is 5.43. The van der Waals surface area contributed by atoms with E-state index in [0.29, 0.717) is 17.2 Å². The molecule has 1 heterocycles. The van der Waals surface area contributed by atoms with Crippen LogP contribution in [0.4, 0.5) is 5.69 Å². The summed E-state index contributed by atoms with van der Waals surface area (Å²) in [5.41, 5.74) is 1.30. The molecule has 0 saturated carbocycles. The lowest BCUT2D eigenvalue weighted by Gasteiger charge is -2.28. The number of hydrogen-bond donors (Lipinski definition) is 2. The van der Waals surface area contributed by atoms with Gasteiger partial charge in [0.1, 0.15) is 0 Å². The first-order valence-electron chi connectivity index (χ1n) is 7.25. The second kappa shape index (κ2) is 6.66. The highest BCUT2D eigenvalue weighted by atomic mass is 16.2. The Labute approximate surface area is 119 Å². The largest absolute Gasteiger partial charge is 0.325 e. The van der Waals surface area contributed by atoms with Crippen LogP contribution in [0.5, 0.6) is 0 Å². The van der Waals surface area contributed by atoms with E-state index in [4.69, 9.17) is 0 Å². The number of anilines is 1. The average Bonchev–Trinajstić information content (AvgIpc) is 2.47. The summed E-state index contributed by atoms with van der Waals surface area (Å²) in [5, 5.41) is 6.16. The first kappa shape index (κ1) is 14.7. The molecule has 1 aliphatic heterocycles. The van der Waals surface area contributed by atoms with E-state index in [9.17, 15) is 9.59 Å². The van der Waals surface area contributed by atoms with Crippen molar-refractivity contribution in [1.29, 1.82) is 0 Å². The van der Waals surface area contributed by atoms with Crippen LogP contribution in [0, 0.1) is 5.92 Å². The molecular weight excluding hydrogens is 252 g/mol. The van der Waals surface area contributed by atoms with Gasteiger partial charge in [-0.2, -0.15) is 0 Å². The van der Waals surface area contributed by atoms with Crippen molar-refractivity contribution in [1.82, 2.24) is 5.32 Å². The van der Waals surface area contributed by atoms with Crippen molar-refractivity contribution in [2.24, 2.45) is 5.92 Å². The van der Waals surface area contributed by atoms with E-state index >= 15 is 0 Å². The maximum absolute atomic E-state index is 12.3. The normalized spacial score (nSPS) is 22.3. The van der Waals surface area contributed by atoms with Crippen LogP contribution in [0.1, 0.15) is 43.5 Å². The summed E-state index contributed by atoms with van der Waals surface area (Å²) in [6.45, 7) is 4.58. The lowest BCUT2D eigenvalue weighted by Crippen LogP contribution is -2.46. The van der Waals surface area contributed by atoms with Crippen LogP contribution >= 0.6 is 0 Å². The van der Waals surface area contributed by atoms with Gasteiger partial charge in [0.2, 0.25) is 5.91 Å². The van der Waals surface area contributed by atoms with E-state index in [-0.39, 0.29) is 17.7 Å². The van der Waals surface area contributed by atoms with Crippen LogP contribution in [-0.2, 0) is 4.79 Å². The van der Waals surface area contributed by atoms with Crippen LogP contribution in [0.2, 0.25) is 0 Å². The van der Waals surface area contributed by atoms with Crippen LogP contribution < -0.4 is 10.6 Å². The van der Waals surface area contributed by atoms with Crippen LogP contribution in [-0.4, -0.2) is 24.3 Å². The van der Waals surface area contributed by atoms with Gasteiger partial charge in [-0.15, -0.1) is 0 Å². The quantitative estimate of drug-likeness (QED) is 0.830. The second-order valence-electron chi connectivity index (χ2n) is 5.43. The van der Waals surface area contributed by atoms with Gasteiger partial charge < -0.3 is 10.6 Å². The molecule has 1 aromatic rings. The lowest BCUT2D eigenvalue weighted by molar-refractivity contribution is -0.119. The molecule has 0 aromatic heterocycles. The molecule has 2 N–H and O–H groups in total. The number of ketones is 1. The van der Waals surface area contributed by atoms with Crippen LogP contribution in [0.25, 0.3) is 0 Å². The molecule has 2 atom stereocenters. The Morgan fingerprint density at radius 3 is 2.90 bits per heavy atom. The van der Waals surface area contributed by atoms with Gasteiger partial charge in [-0.3, -0.25) is 9.59 Å². The lowest BCUT2D eigenvalue weighted by atomic mass is 9.90. The van der Waals surface area contributed by atoms with E-state index < -0.39 is 0 Å². The third kappa shape index (κ3) is 3.67. The number of nitrogens with one attached hydrogen (secondary N) is 2. The molecule has 1 aromatic carbocycles. The molecule has 2 rings (SSSR count). The van der Waals surface area contributed by atoms with Gasteiger partial charge in [0, 0.05) is 11.3 Å². The molecule has 0 radical (unpaired) electrons. The van der Waals surface area contributed by atoms with Gasteiger partial charge in [-0.25, -0.2) is 0 Å². The fraction of sp³-hybridized carbons (Fsp3) is 0.500. The smallest absolute Gasteiger partial charge is 0.241 e. The Kier molecular flexibility index (Phi) is 4.90. The number of benzene rings is 1. The molecule has 1 aliphatic rings. The molecule has 0 spiro atoms. The van der Waals surface area contributed by atoms with Gasteiger partial charge >= 0.3 is 0 Å². The van der Waals surface area contributed by atoms with Gasteiger partial charge in [0.05, 0.1) is 6.04 Å². The topological polar surface area (TPSA) is 58.2 Å². The zero-order chi connectivity index (χ0) is 14.5. The molecule has 1 amide bonds. The van der Waals surface area contributed by atoms with E-state index in [0.717, 1.165) is 25.8 Å². The number of Topliss-reactive ketones (excluding diaryl/α,β-unsaturated/α-hetero) is 1. The number of carbonyl (C=O) groups is 2. The number of hydrogen-bond acceptors (Lipinski definition) is 3. The predicted molar refractivity (Wildman–Crippen MR) is 79.9 cm³/mol. The van der Waals surface area contributed by atoms with Crippen molar-refractivity contribution >= 4 is 17.4 Å². The van der Waals surface area contributed by atoms with Crippen molar-refractivity contribution in [2.45, 2.75) is 39.2 Å². The fourth-order valence-corrected chi connectivity index (χ4v) is 2.61. The molecule has 0 aliphatic carbocycles. The first-order chi connectivity index (χ1) is 9.60. The number of piperidine rings is 1. The summed E-state index contributed by atoms with van der Waals surface area (Å²) < 4.78 is 0. The van der Waals surface area contributed by atoms with Gasteiger partial charge in [0.15, 0.2) is 5.78 Å². The molecular formula is C16H22N2O2. The minimum Gasteiger partial charge on any atom is -0.325 e. The molecule has 108 valence electrons. The van der Waals surface area contributed by atoms with Crippen LogP contribution in [0.3, 0.4) is 0 Å². The number of carbonyl (C=O) groups excluding carboxylic acids is 2. The predicted octanol–water partition coefficient (Wildman–Crippen LogP) is 2.61. The monoisotopic (exact) mass is 274 g/mol. The first-order valence-corrected chi connectivity index (χ1v) is 7.25. The van der Waals surface area contributed by atoms with Crippen LogP contribution in [0.15, 0.2) is 24.3 Å².